The van der Waals surface area contributed by atoms with Crippen LogP contribution >= 0.6 is 0 Å². The van der Waals surface area contributed by atoms with Crippen molar-refractivity contribution in [3.63, 3.8) is 0 Å². The fourth-order valence-electron chi connectivity index (χ4n) is 2.32. The number of carbonyl (C=O) groups is 1. The molecule has 3 N–H and O–H groups in total. The third kappa shape index (κ3) is 3.05. The lowest BCUT2D eigenvalue weighted by Crippen LogP contribution is -2.50. The molecular formula is C14H21N3O2. The molecule has 0 bridgehead atoms. The van der Waals surface area contributed by atoms with Crippen LogP contribution in [-0.2, 0) is 4.74 Å². The van der Waals surface area contributed by atoms with Gasteiger partial charge in [0.1, 0.15) is 0 Å². The maximum Gasteiger partial charge on any atom is 0.256 e. The standard InChI is InChI=1S/C14H21N3O2/c1-10-4-5-12(16-15)11(8-10)13(18)17-6-7-19-14(2,3)9-17/h4-5,8,16H,6-7,9,15H2,1-3H3. The van der Waals surface area contributed by atoms with Crippen molar-refractivity contribution in [2.75, 3.05) is 25.1 Å². The van der Waals surface area contributed by atoms with Gasteiger partial charge in [0, 0.05) is 13.1 Å². The second kappa shape index (κ2) is 5.19. The van der Waals surface area contributed by atoms with Gasteiger partial charge in [-0.3, -0.25) is 10.6 Å². The fraction of sp³-hybridized carbons (Fsp3) is 0.500. The molecule has 0 atom stereocenters. The number of morpholine rings is 1. The average Bonchev–Trinajstić information content (AvgIpc) is 2.36. The van der Waals surface area contributed by atoms with Crippen molar-refractivity contribution >= 4 is 11.6 Å². The van der Waals surface area contributed by atoms with E-state index in [9.17, 15) is 4.79 Å². The first kappa shape index (κ1) is 13.8. The predicted molar refractivity (Wildman–Crippen MR) is 74.9 cm³/mol. The molecule has 1 aromatic rings. The molecule has 104 valence electrons. The Balaban J connectivity index is 2.26. The minimum atomic E-state index is -0.298. The van der Waals surface area contributed by atoms with E-state index in [0.29, 0.717) is 30.9 Å². The molecule has 1 aliphatic rings. The van der Waals surface area contributed by atoms with Gasteiger partial charge in [0.2, 0.25) is 0 Å². The number of nitrogens with two attached hydrogens (primary N) is 1. The molecule has 1 aromatic carbocycles. The number of carbonyl (C=O) groups excluding carboxylic acids is 1. The zero-order valence-electron chi connectivity index (χ0n) is 11.7. The molecule has 0 radical (unpaired) electrons. The first-order valence-corrected chi connectivity index (χ1v) is 6.43. The van der Waals surface area contributed by atoms with E-state index in [2.05, 4.69) is 5.43 Å². The van der Waals surface area contributed by atoms with Crippen LogP contribution in [-0.4, -0.2) is 36.1 Å². The summed E-state index contributed by atoms with van der Waals surface area (Å²) in [6.07, 6.45) is 0. The van der Waals surface area contributed by atoms with Crippen LogP contribution in [0.25, 0.3) is 0 Å². The molecular weight excluding hydrogens is 242 g/mol. The summed E-state index contributed by atoms with van der Waals surface area (Å²) in [5.41, 5.74) is 4.59. The molecule has 0 unspecified atom stereocenters. The number of anilines is 1. The molecule has 2 rings (SSSR count). The van der Waals surface area contributed by atoms with Crippen LogP contribution in [0.4, 0.5) is 5.69 Å². The zero-order chi connectivity index (χ0) is 14.0. The Kier molecular flexibility index (Phi) is 3.78. The quantitative estimate of drug-likeness (QED) is 0.627. The summed E-state index contributed by atoms with van der Waals surface area (Å²) in [6.45, 7) is 7.70. The molecule has 1 heterocycles. The Labute approximate surface area is 113 Å². The predicted octanol–water partition coefficient (Wildman–Crippen LogP) is 1.53. The summed E-state index contributed by atoms with van der Waals surface area (Å²) in [5, 5.41) is 0. The summed E-state index contributed by atoms with van der Waals surface area (Å²) >= 11 is 0. The van der Waals surface area contributed by atoms with Crippen molar-refractivity contribution in [2.24, 2.45) is 5.84 Å². The van der Waals surface area contributed by atoms with Gasteiger partial charge in [-0.2, -0.15) is 0 Å². The van der Waals surface area contributed by atoms with Crippen molar-refractivity contribution in [3.05, 3.63) is 29.3 Å². The van der Waals surface area contributed by atoms with Gasteiger partial charge in [-0.25, -0.2) is 0 Å². The topological polar surface area (TPSA) is 67.6 Å². The molecule has 19 heavy (non-hydrogen) atoms. The van der Waals surface area contributed by atoms with Gasteiger partial charge in [0.15, 0.2) is 0 Å². The lowest BCUT2D eigenvalue weighted by Gasteiger charge is -2.38. The van der Waals surface area contributed by atoms with E-state index in [4.69, 9.17) is 10.6 Å². The van der Waals surface area contributed by atoms with Crippen LogP contribution in [0.15, 0.2) is 18.2 Å². The molecule has 1 amide bonds. The van der Waals surface area contributed by atoms with Crippen LogP contribution in [0.5, 0.6) is 0 Å². The smallest absolute Gasteiger partial charge is 0.256 e. The van der Waals surface area contributed by atoms with E-state index in [1.54, 1.807) is 0 Å². The summed E-state index contributed by atoms with van der Waals surface area (Å²) in [4.78, 5) is 14.4. The highest BCUT2D eigenvalue weighted by Crippen LogP contribution is 2.22. The number of rotatable bonds is 2. The fourth-order valence-corrected chi connectivity index (χ4v) is 2.32. The number of amides is 1. The summed E-state index contributed by atoms with van der Waals surface area (Å²) in [6, 6.07) is 5.61. The highest BCUT2D eigenvalue weighted by Gasteiger charge is 2.31. The minimum Gasteiger partial charge on any atom is -0.372 e. The summed E-state index contributed by atoms with van der Waals surface area (Å²) < 4.78 is 5.63. The van der Waals surface area contributed by atoms with E-state index in [1.165, 1.54) is 0 Å². The molecule has 1 aliphatic heterocycles. The molecule has 0 aliphatic carbocycles. The van der Waals surface area contributed by atoms with Crippen LogP contribution in [0, 0.1) is 6.92 Å². The Morgan fingerprint density at radius 1 is 1.47 bits per heavy atom. The maximum absolute atomic E-state index is 12.6. The van der Waals surface area contributed by atoms with E-state index in [0.717, 1.165) is 5.56 Å². The van der Waals surface area contributed by atoms with Crippen LogP contribution in [0.2, 0.25) is 0 Å². The van der Waals surface area contributed by atoms with Gasteiger partial charge < -0.3 is 15.1 Å². The number of aryl methyl sites for hydroxylation is 1. The number of hydrogen-bond acceptors (Lipinski definition) is 4. The lowest BCUT2D eigenvalue weighted by molar-refractivity contribution is -0.0763. The first-order valence-electron chi connectivity index (χ1n) is 6.43. The van der Waals surface area contributed by atoms with Gasteiger partial charge in [-0.05, 0) is 32.9 Å². The second-order valence-electron chi connectivity index (χ2n) is 5.53. The highest BCUT2D eigenvalue weighted by molar-refractivity contribution is 5.99. The van der Waals surface area contributed by atoms with E-state index in [1.807, 2.05) is 43.9 Å². The first-order chi connectivity index (χ1) is 8.93. The normalized spacial score (nSPS) is 18.2. The molecule has 0 spiro atoms. The number of ether oxygens (including phenoxy) is 1. The Bertz CT molecular complexity index is 486. The Morgan fingerprint density at radius 2 is 2.21 bits per heavy atom. The van der Waals surface area contributed by atoms with Gasteiger partial charge in [0.05, 0.1) is 23.5 Å². The molecule has 1 fully saturated rings. The molecule has 0 saturated carbocycles. The van der Waals surface area contributed by atoms with Crippen LogP contribution in [0.3, 0.4) is 0 Å². The van der Waals surface area contributed by atoms with E-state index < -0.39 is 0 Å². The number of hydrogen-bond donors (Lipinski definition) is 2. The SMILES string of the molecule is Cc1ccc(NN)c(C(=O)N2CCOC(C)(C)C2)c1. The van der Waals surface area contributed by atoms with Gasteiger partial charge in [0.25, 0.3) is 5.91 Å². The monoisotopic (exact) mass is 263 g/mol. The molecule has 5 heteroatoms. The largest absolute Gasteiger partial charge is 0.372 e. The number of benzene rings is 1. The van der Waals surface area contributed by atoms with Crippen molar-refractivity contribution in [1.29, 1.82) is 0 Å². The number of hydrazine groups is 1. The van der Waals surface area contributed by atoms with Gasteiger partial charge in [-0.1, -0.05) is 11.6 Å². The Morgan fingerprint density at radius 3 is 2.84 bits per heavy atom. The van der Waals surface area contributed by atoms with Crippen molar-refractivity contribution < 1.29 is 9.53 Å². The van der Waals surface area contributed by atoms with Crippen LogP contribution in [0.1, 0.15) is 29.8 Å². The highest BCUT2D eigenvalue weighted by atomic mass is 16.5. The number of nitrogens with one attached hydrogen (secondary N) is 1. The summed E-state index contributed by atoms with van der Waals surface area (Å²) in [5.74, 6) is 5.47. The maximum atomic E-state index is 12.6. The van der Waals surface area contributed by atoms with E-state index >= 15 is 0 Å². The lowest BCUT2D eigenvalue weighted by atomic mass is 10.0. The second-order valence-corrected chi connectivity index (χ2v) is 5.53. The molecule has 5 nitrogen and oxygen atoms in total. The van der Waals surface area contributed by atoms with Gasteiger partial charge >= 0.3 is 0 Å². The van der Waals surface area contributed by atoms with Crippen molar-refractivity contribution in [2.45, 2.75) is 26.4 Å². The summed E-state index contributed by atoms with van der Waals surface area (Å²) in [7, 11) is 0. The van der Waals surface area contributed by atoms with Crippen LogP contribution < -0.4 is 11.3 Å². The third-order valence-corrected chi connectivity index (χ3v) is 3.27. The van der Waals surface area contributed by atoms with Crippen molar-refractivity contribution in [1.82, 2.24) is 4.90 Å². The number of nitrogen functional groups attached to an aromatic ring is 1. The van der Waals surface area contributed by atoms with E-state index in [-0.39, 0.29) is 11.5 Å². The Hall–Kier alpha value is -1.59. The minimum absolute atomic E-state index is 0.00646. The number of nitrogens with zero attached hydrogens (tertiary/aromatic N) is 1. The average molecular weight is 263 g/mol. The van der Waals surface area contributed by atoms with Crippen molar-refractivity contribution in [3.8, 4) is 0 Å². The molecule has 1 saturated heterocycles. The third-order valence-electron chi connectivity index (χ3n) is 3.27. The zero-order valence-corrected chi connectivity index (χ0v) is 11.7. The van der Waals surface area contributed by atoms with Gasteiger partial charge in [-0.15, -0.1) is 0 Å². The molecule has 0 aromatic heterocycles.